The lowest BCUT2D eigenvalue weighted by atomic mass is 10.1. The van der Waals surface area contributed by atoms with Crippen LogP contribution in [0.4, 0.5) is 11.4 Å². The summed E-state index contributed by atoms with van der Waals surface area (Å²) < 4.78 is 12.1. The first-order valence-corrected chi connectivity index (χ1v) is 19.6. The Morgan fingerprint density at radius 1 is 0.737 bits per heavy atom. The first kappa shape index (κ1) is 40.6. The number of rotatable bonds is 16. The van der Waals surface area contributed by atoms with Crippen molar-refractivity contribution < 1.29 is 33.4 Å². The van der Waals surface area contributed by atoms with Crippen LogP contribution in [0, 0.1) is 13.8 Å². The molecular weight excluding hydrogens is 723 g/mol. The van der Waals surface area contributed by atoms with E-state index in [1.54, 1.807) is 78.7 Å². The minimum atomic E-state index is -0.381. The van der Waals surface area contributed by atoms with E-state index in [2.05, 4.69) is 17.3 Å². The fourth-order valence-electron chi connectivity index (χ4n) is 7.02. The Morgan fingerprint density at radius 2 is 1.40 bits per heavy atom. The third-order valence-electron chi connectivity index (χ3n) is 10.4. The molecule has 1 N–H and O–H groups in total. The van der Waals surface area contributed by atoms with Gasteiger partial charge in [-0.25, -0.2) is 0 Å². The number of nitrogens with one attached hydrogen (secondary N) is 1. The van der Waals surface area contributed by atoms with Gasteiger partial charge in [0.25, 0.3) is 23.6 Å². The number of amides is 5. The van der Waals surface area contributed by atoms with E-state index in [9.17, 15) is 24.0 Å². The number of carbonyl (C=O) groups is 5. The van der Waals surface area contributed by atoms with Crippen LogP contribution < -0.4 is 19.7 Å². The zero-order chi connectivity index (χ0) is 40.5. The molecule has 12 heteroatoms. The number of piperazine rings is 1. The number of para-hydroxylation sites is 1. The van der Waals surface area contributed by atoms with Crippen molar-refractivity contribution in [3.8, 4) is 11.5 Å². The molecule has 4 aromatic carbocycles. The molecule has 2 heterocycles. The Morgan fingerprint density at radius 3 is 2.12 bits per heavy atom. The van der Waals surface area contributed by atoms with Gasteiger partial charge < -0.3 is 29.5 Å². The molecule has 0 aromatic heterocycles. The van der Waals surface area contributed by atoms with Crippen LogP contribution in [0.3, 0.4) is 0 Å². The van der Waals surface area contributed by atoms with Crippen LogP contribution in [0.1, 0.15) is 84.7 Å². The summed E-state index contributed by atoms with van der Waals surface area (Å²) in [5.41, 5.74) is 4.48. The van der Waals surface area contributed by atoms with Crippen molar-refractivity contribution in [2.75, 3.05) is 70.2 Å². The van der Waals surface area contributed by atoms with E-state index >= 15 is 0 Å². The number of likely N-dealkylation sites (N-methyl/N-ethyl adjacent to an activating group) is 1. The lowest BCUT2D eigenvalue weighted by Gasteiger charge is -2.32. The Bertz CT molecular complexity index is 2090. The van der Waals surface area contributed by atoms with Gasteiger partial charge in [-0.2, -0.15) is 0 Å². The Labute approximate surface area is 334 Å². The van der Waals surface area contributed by atoms with Crippen molar-refractivity contribution in [1.29, 1.82) is 0 Å². The van der Waals surface area contributed by atoms with Gasteiger partial charge in [0.05, 0.1) is 35.6 Å². The first-order chi connectivity index (χ1) is 27.5. The molecule has 1 saturated heterocycles. The van der Waals surface area contributed by atoms with Crippen molar-refractivity contribution >= 4 is 40.9 Å². The topological polar surface area (TPSA) is 129 Å². The van der Waals surface area contributed by atoms with Crippen LogP contribution in [-0.2, 0) is 4.79 Å². The average Bonchev–Trinajstić information content (AvgIpc) is 3.46. The monoisotopic (exact) mass is 773 g/mol. The summed E-state index contributed by atoms with van der Waals surface area (Å²) in [4.78, 5) is 72.2. The molecule has 57 heavy (non-hydrogen) atoms. The molecule has 1 fully saturated rings. The summed E-state index contributed by atoms with van der Waals surface area (Å²) >= 11 is 0. The molecule has 2 aliphatic heterocycles. The van der Waals surface area contributed by atoms with Crippen LogP contribution in [0.2, 0.25) is 0 Å². The highest BCUT2D eigenvalue weighted by Crippen LogP contribution is 2.31. The zero-order valence-electron chi connectivity index (χ0n) is 33.2. The molecule has 5 amide bonds. The van der Waals surface area contributed by atoms with E-state index < -0.39 is 0 Å². The summed E-state index contributed by atoms with van der Waals surface area (Å²) in [7, 11) is 3.79. The first-order valence-electron chi connectivity index (χ1n) is 19.6. The van der Waals surface area contributed by atoms with Crippen molar-refractivity contribution in [1.82, 2.24) is 14.7 Å². The molecule has 0 spiro atoms. The Balaban J connectivity index is 0.995. The standard InChI is InChI=1S/C45H51N5O7/c1-31-18-21-38(40(29-31)57-27-11-5-6-17-41(51)49-25-23-47(3)24-26-49)48(4)43(53)33-19-20-37(32(2)30-33)46-42(52)36-15-9-10-16-39(36)56-28-12-22-50-44(54)34-13-7-8-14-35(34)45(50)55/h7-10,13-16,18-21,29-30H,5-6,11-12,17,22-28H2,1-4H3,(H,46,52). The quantitative estimate of drug-likeness (QED) is 0.0996. The molecule has 12 nitrogen and oxygen atoms in total. The zero-order valence-corrected chi connectivity index (χ0v) is 33.2. The predicted octanol–water partition coefficient (Wildman–Crippen LogP) is 6.61. The molecule has 0 saturated carbocycles. The molecule has 298 valence electrons. The largest absolute Gasteiger partial charge is 0.493 e. The van der Waals surface area contributed by atoms with Crippen molar-refractivity contribution in [3.05, 3.63) is 118 Å². The fourth-order valence-corrected chi connectivity index (χ4v) is 7.02. The van der Waals surface area contributed by atoms with Gasteiger partial charge in [-0.15, -0.1) is 0 Å². The number of carbonyl (C=O) groups excluding carboxylic acids is 5. The molecule has 2 aliphatic rings. The maximum absolute atomic E-state index is 13.8. The number of nitrogens with zero attached hydrogens (tertiary/aromatic N) is 4. The molecule has 0 bridgehead atoms. The number of hydrogen-bond acceptors (Lipinski definition) is 8. The van der Waals surface area contributed by atoms with Gasteiger partial charge in [0.1, 0.15) is 11.5 Å². The number of unbranched alkanes of at least 4 members (excludes halogenated alkanes) is 2. The average molecular weight is 774 g/mol. The van der Waals surface area contributed by atoms with E-state index in [1.165, 1.54) is 4.90 Å². The van der Waals surface area contributed by atoms with Crippen LogP contribution >= 0.6 is 0 Å². The number of hydrogen-bond donors (Lipinski definition) is 1. The van der Waals surface area contributed by atoms with Gasteiger partial charge >= 0.3 is 0 Å². The summed E-state index contributed by atoms with van der Waals surface area (Å²) in [5.74, 6) is -0.0343. The third kappa shape index (κ3) is 9.87. The van der Waals surface area contributed by atoms with Crippen LogP contribution in [-0.4, -0.2) is 104 Å². The second-order valence-electron chi connectivity index (χ2n) is 14.7. The molecular formula is C45H51N5O7. The summed E-state index contributed by atoms with van der Waals surface area (Å²) in [6.45, 7) is 8.08. The van der Waals surface area contributed by atoms with Crippen molar-refractivity contribution in [2.24, 2.45) is 0 Å². The maximum Gasteiger partial charge on any atom is 0.261 e. The van der Waals surface area contributed by atoms with Gasteiger partial charge in [0.2, 0.25) is 5.91 Å². The van der Waals surface area contributed by atoms with E-state index in [4.69, 9.17) is 9.47 Å². The van der Waals surface area contributed by atoms with E-state index in [0.717, 1.165) is 51.0 Å². The lowest BCUT2D eigenvalue weighted by Crippen LogP contribution is -2.47. The SMILES string of the molecule is Cc1ccc(N(C)C(=O)c2ccc(NC(=O)c3ccccc3OCCCN3C(=O)c4ccccc4C3=O)c(C)c2)c(OCCCCCC(=O)N2CCN(C)CC2)c1. The highest BCUT2D eigenvalue weighted by molar-refractivity contribution is 6.21. The lowest BCUT2D eigenvalue weighted by molar-refractivity contribution is -0.132. The van der Waals surface area contributed by atoms with E-state index in [-0.39, 0.29) is 42.7 Å². The molecule has 0 atom stereocenters. The van der Waals surface area contributed by atoms with Gasteiger partial charge in [-0.3, -0.25) is 28.9 Å². The summed E-state index contributed by atoms with van der Waals surface area (Å²) in [5, 5.41) is 2.94. The summed E-state index contributed by atoms with van der Waals surface area (Å²) in [6.07, 6.45) is 3.42. The number of ether oxygens (including phenoxy) is 2. The minimum Gasteiger partial charge on any atom is -0.493 e. The van der Waals surface area contributed by atoms with Crippen LogP contribution in [0.15, 0.2) is 84.9 Å². The van der Waals surface area contributed by atoms with E-state index in [1.807, 2.05) is 36.9 Å². The molecule has 4 aromatic rings. The van der Waals surface area contributed by atoms with Gasteiger partial charge in [-0.1, -0.05) is 30.3 Å². The molecule has 6 rings (SSSR count). The maximum atomic E-state index is 13.8. The van der Waals surface area contributed by atoms with Gasteiger partial charge in [0.15, 0.2) is 0 Å². The molecule has 0 aliphatic carbocycles. The number of imide groups is 1. The van der Waals surface area contributed by atoms with Gasteiger partial charge in [-0.05, 0) is 112 Å². The molecule has 0 unspecified atom stereocenters. The summed E-state index contributed by atoms with van der Waals surface area (Å²) in [6, 6.07) is 24.5. The highest BCUT2D eigenvalue weighted by Gasteiger charge is 2.34. The van der Waals surface area contributed by atoms with Gasteiger partial charge in [0, 0.05) is 57.4 Å². The normalized spacial score (nSPS) is 14.0. The number of aryl methyl sites for hydroxylation is 2. The Hall–Kier alpha value is -6.01. The highest BCUT2D eigenvalue weighted by atomic mass is 16.5. The van der Waals surface area contributed by atoms with Crippen molar-refractivity contribution in [3.63, 3.8) is 0 Å². The number of fused-ring (bicyclic) bond motifs is 1. The fraction of sp³-hybridized carbons (Fsp3) is 0.356. The second-order valence-corrected chi connectivity index (χ2v) is 14.7. The van der Waals surface area contributed by atoms with Crippen LogP contribution in [0.25, 0.3) is 0 Å². The smallest absolute Gasteiger partial charge is 0.261 e. The third-order valence-corrected chi connectivity index (χ3v) is 10.4. The van der Waals surface area contributed by atoms with E-state index in [0.29, 0.717) is 70.1 Å². The molecule has 0 radical (unpaired) electrons. The van der Waals surface area contributed by atoms with Crippen LogP contribution in [0.5, 0.6) is 11.5 Å². The van der Waals surface area contributed by atoms with Crippen molar-refractivity contribution in [2.45, 2.75) is 46.0 Å². The Kier molecular flexibility index (Phi) is 13.4. The second kappa shape index (κ2) is 18.8. The predicted molar refractivity (Wildman–Crippen MR) is 219 cm³/mol. The number of benzene rings is 4. The number of anilines is 2. The minimum absolute atomic E-state index is 0.189.